The lowest BCUT2D eigenvalue weighted by Gasteiger charge is -2.25. The van der Waals surface area contributed by atoms with Gasteiger partial charge in [-0.3, -0.25) is 4.79 Å². The Morgan fingerprint density at radius 3 is 2.60 bits per heavy atom. The molecule has 0 aliphatic carbocycles. The fraction of sp³-hybridized carbons (Fsp3) is 0.105. The highest BCUT2D eigenvalue weighted by Crippen LogP contribution is 2.48. The van der Waals surface area contributed by atoms with Gasteiger partial charge in [0.25, 0.3) is 0 Å². The largest absolute Gasteiger partial charge is 0.325 e. The second kappa shape index (κ2) is 6.24. The van der Waals surface area contributed by atoms with Gasteiger partial charge >= 0.3 is 0 Å². The Bertz CT molecular complexity index is 948. The molecule has 2 nitrogen and oxygen atoms in total. The number of hydrogen-bond donors (Lipinski definition) is 1. The average molecular weight is 376 g/mol. The second-order valence-electron chi connectivity index (χ2n) is 5.84. The summed E-state index contributed by atoms with van der Waals surface area (Å²) in [6, 6.07) is 10.6. The summed E-state index contributed by atoms with van der Waals surface area (Å²) in [5.74, 6) is -1.38. The van der Waals surface area contributed by atoms with E-state index in [1.54, 1.807) is 24.3 Å². The third-order valence-corrected chi connectivity index (χ3v) is 5.72. The minimum absolute atomic E-state index is 0.136. The van der Waals surface area contributed by atoms with Gasteiger partial charge in [-0.1, -0.05) is 29.8 Å². The first-order valence-electron chi connectivity index (χ1n) is 7.65. The zero-order valence-electron chi connectivity index (χ0n) is 12.9. The molecule has 1 N–H and O–H groups in total. The molecule has 0 fully saturated rings. The maximum Gasteiger partial charge on any atom is 0.225 e. The number of benzene rings is 2. The number of carbonyl (C=O) groups excluding carboxylic acids is 1. The predicted octanol–water partition coefficient (Wildman–Crippen LogP) is 5.82. The van der Waals surface area contributed by atoms with E-state index in [4.69, 9.17) is 11.6 Å². The molecule has 1 amide bonds. The van der Waals surface area contributed by atoms with Crippen LogP contribution < -0.4 is 5.32 Å². The molecule has 0 spiro atoms. The zero-order valence-corrected chi connectivity index (χ0v) is 14.4. The van der Waals surface area contributed by atoms with Crippen molar-refractivity contribution in [3.05, 3.63) is 74.9 Å². The molecule has 1 aliphatic rings. The Hall–Kier alpha value is -2.24. The summed E-state index contributed by atoms with van der Waals surface area (Å²) in [6.45, 7) is 0. The lowest BCUT2D eigenvalue weighted by atomic mass is 9.88. The molecular formula is C19H12ClF2NOS. The SMILES string of the molecule is O=C1CC(c2c(F)cccc2Cl)c2scc(-c3ccc(F)cc3)c2N1. The van der Waals surface area contributed by atoms with Crippen molar-refractivity contribution in [3.8, 4) is 11.1 Å². The van der Waals surface area contributed by atoms with Crippen molar-refractivity contribution in [1.29, 1.82) is 0 Å². The number of carbonyl (C=O) groups is 1. The number of rotatable bonds is 2. The Labute approximate surface area is 152 Å². The number of thiophene rings is 1. The number of fused-ring (bicyclic) bond motifs is 1. The van der Waals surface area contributed by atoms with Crippen LogP contribution in [-0.2, 0) is 4.79 Å². The third-order valence-electron chi connectivity index (χ3n) is 4.29. The quantitative estimate of drug-likeness (QED) is 0.600. The molecule has 0 saturated carbocycles. The summed E-state index contributed by atoms with van der Waals surface area (Å²) in [6.07, 6.45) is 0.136. The molecule has 0 bridgehead atoms. The van der Waals surface area contributed by atoms with E-state index in [2.05, 4.69) is 5.32 Å². The first-order chi connectivity index (χ1) is 12.0. The molecule has 2 aromatic carbocycles. The monoisotopic (exact) mass is 375 g/mol. The molecule has 1 unspecified atom stereocenters. The summed E-state index contributed by atoms with van der Waals surface area (Å²) in [5.41, 5.74) is 2.58. The zero-order chi connectivity index (χ0) is 17.6. The van der Waals surface area contributed by atoms with Crippen LogP contribution in [0.15, 0.2) is 47.8 Å². The van der Waals surface area contributed by atoms with Gasteiger partial charge in [0.15, 0.2) is 0 Å². The number of anilines is 1. The topological polar surface area (TPSA) is 29.1 Å². The molecule has 0 radical (unpaired) electrons. The molecule has 25 heavy (non-hydrogen) atoms. The van der Waals surface area contributed by atoms with E-state index in [1.165, 1.54) is 29.5 Å². The fourth-order valence-corrected chi connectivity index (χ4v) is 4.58. The molecule has 2 heterocycles. The average Bonchev–Trinajstić information content (AvgIpc) is 2.99. The highest BCUT2D eigenvalue weighted by Gasteiger charge is 2.33. The van der Waals surface area contributed by atoms with Crippen molar-refractivity contribution in [2.75, 3.05) is 5.32 Å². The van der Waals surface area contributed by atoms with Gasteiger partial charge in [0.05, 0.1) is 5.69 Å². The number of amides is 1. The summed E-state index contributed by atoms with van der Waals surface area (Å²) in [4.78, 5) is 13.1. The van der Waals surface area contributed by atoms with Gasteiger partial charge in [0, 0.05) is 38.7 Å². The summed E-state index contributed by atoms with van der Waals surface area (Å²) in [7, 11) is 0. The van der Waals surface area contributed by atoms with Crippen molar-refractivity contribution in [1.82, 2.24) is 0 Å². The van der Waals surface area contributed by atoms with Crippen molar-refractivity contribution in [3.63, 3.8) is 0 Å². The van der Waals surface area contributed by atoms with Gasteiger partial charge in [0.2, 0.25) is 5.91 Å². The molecular weight excluding hydrogens is 364 g/mol. The van der Waals surface area contributed by atoms with Crippen LogP contribution >= 0.6 is 22.9 Å². The highest BCUT2D eigenvalue weighted by molar-refractivity contribution is 7.11. The first-order valence-corrected chi connectivity index (χ1v) is 8.91. The third kappa shape index (κ3) is 2.83. The van der Waals surface area contributed by atoms with Gasteiger partial charge in [-0.25, -0.2) is 8.78 Å². The summed E-state index contributed by atoms with van der Waals surface area (Å²) < 4.78 is 27.6. The maximum absolute atomic E-state index is 14.4. The van der Waals surface area contributed by atoms with Crippen molar-refractivity contribution in [2.45, 2.75) is 12.3 Å². The normalized spacial score (nSPS) is 16.4. The van der Waals surface area contributed by atoms with Gasteiger partial charge in [0.1, 0.15) is 11.6 Å². The van der Waals surface area contributed by atoms with Crippen LogP contribution in [0.25, 0.3) is 11.1 Å². The number of halogens is 3. The molecule has 126 valence electrons. The van der Waals surface area contributed by atoms with E-state index in [9.17, 15) is 13.6 Å². The number of nitrogens with one attached hydrogen (secondary N) is 1. The molecule has 1 aliphatic heterocycles. The first kappa shape index (κ1) is 16.2. The van der Waals surface area contributed by atoms with Crippen molar-refractivity contribution >= 4 is 34.5 Å². The molecule has 0 saturated heterocycles. The van der Waals surface area contributed by atoms with E-state index in [-0.39, 0.29) is 18.1 Å². The lowest BCUT2D eigenvalue weighted by molar-refractivity contribution is -0.116. The Morgan fingerprint density at radius 1 is 1.12 bits per heavy atom. The van der Waals surface area contributed by atoms with Crippen molar-refractivity contribution < 1.29 is 13.6 Å². The van der Waals surface area contributed by atoms with Gasteiger partial charge in [-0.15, -0.1) is 11.3 Å². The fourth-order valence-electron chi connectivity index (χ4n) is 3.15. The van der Waals surface area contributed by atoms with Crippen LogP contribution in [0, 0.1) is 11.6 Å². The standard InChI is InChI=1S/C19H12ClF2NOS/c20-14-2-1-3-15(22)17(14)12-8-16(24)23-18-13(9-25-19(12)18)10-4-6-11(21)7-5-10/h1-7,9,12H,8H2,(H,23,24). The summed E-state index contributed by atoms with van der Waals surface area (Å²) >= 11 is 7.65. The van der Waals surface area contributed by atoms with Crippen LogP contribution in [-0.4, -0.2) is 5.91 Å². The Morgan fingerprint density at radius 2 is 1.88 bits per heavy atom. The maximum atomic E-state index is 14.4. The van der Waals surface area contributed by atoms with Crippen LogP contribution in [0.5, 0.6) is 0 Å². The molecule has 6 heteroatoms. The predicted molar refractivity (Wildman–Crippen MR) is 96.2 cm³/mol. The van der Waals surface area contributed by atoms with Gasteiger partial charge in [-0.2, -0.15) is 0 Å². The minimum atomic E-state index is -0.434. The van der Waals surface area contributed by atoms with Crippen molar-refractivity contribution in [2.24, 2.45) is 0 Å². The Kier molecular flexibility index (Phi) is 4.06. The van der Waals surface area contributed by atoms with E-state index in [0.29, 0.717) is 16.3 Å². The van der Waals surface area contributed by atoms with Crippen LogP contribution in [0.3, 0.4) is 0 Å². The van der Waals surface area contributed by atoms with Gasteiger partial charge in [-0.05, 0) is 29.8 Å². The molecule has 4 rings (SSSR count). The van der Waals surface area contributed by atoms with Crippen LogP contribution in [0.2, 0.25) is 5.02 Å². The smallest absolute Gasteiger partial charge is 0.225 e. The second-order valence-corrected chi connectivity index (χ2v) is 7.15. The molecule has 1 atom stereocenters. The van der Waals surface area contributed by atoms with Gasteiger partial charge < -0.3 is 5.32 Å². The number of hydrogen-bond acceptors (Lipinski definition) is 2. The molecule has 1 aromatic heterocycles. The van der Waals surface area contributed by atoms with Crippen LogP contribution in [0.1, 0.15) is 22.8 Å². The van der Waals surface area contributed by atoms with E-state index in [1.807, 2.05) is 5.38 Å². The minimum Gasteiger partial charge on any atom is -0.325 e. The van der Waals surface area contributed by atoms with E-state index < -0.39 is 11.7 Å². The summed E-state index contributed by atoms with van der Waals surface area (Å²) in [5, 5.41) is 5.07. The van der Waals surface area contributed by atoms with E-state index >= 15 is 0 Å². The molecule has 3 aromatic rings. The lowest BCUT2D eigenvalue weighted by Crippen LogP contribution is -2.23. The van der Waals surface area contributed by atoms with E-state index in [0.717, 1.165) is 16.0 Å². The Balaban J connectivity index is 1.86. The van der Waals surface area contributed by atoms with Crippen LogP contribution in [0.4, 0.5) is 14.5 Å². The highest BCUT2D eigenvalue weighted by atomic mass is 35.5.